The summed E-state index contributed by atoms with van der Waals surface area (Å²) in [7, 11) is 0. The lowest BCUT2D eigenvalue weighted by Gasteiger charge is -2.42. The number of hydrogen-bond acceptors (Lipinski definition) is 5. The minimum absolute atomic E-state index is 0.122. The molecule has 2 amide bonds. The molecule has 0 radical (unpaired) electrons. The molecule has 1 aliphatic heterocycles. The summed E-state index contributed by atoms with van der Waals surface area (Å²) in [6, 6.07) is 12.2. The SMILES string of the molecule is CC(C)CN1C(=O)c2ccccc2[C@@H](C(=O)Nc2ccc(F)c(C#N)c2)[C@@H]1c1cnsc1. The molecule has 0 spiro atoms. The lowest BCUT2D eigenvalue weighted by atomic mass is 9.79. The molecule has 0 aliphatic carbocycles. The highest BCUT2D eigenvalue weighted by molar-refractivity contribution is 7.03. The van der Waals surface area contributed by atoms with Gasteiger partial charge in [0.25, 0.3) is 5.91 Å². The number of nitrogens with one attached hydrogen (secondary N) is 1. The smallest absolute Gasteiger partial charge is 0.254 e. The van der Waals surface area contributed by atoms with E-state index >= 15 is 0 Å². The summed E-state index contributed by atoms with van der Waals surface area (Å²) in [5, 5.41) is 13.8. The zero-order chi connectivity index (χ0) is 22.8. The highest BCUT2D eigenvalue weighted by atomic mass is 32.1. The normalized spacial score (nSPS) is 17.7. The molecule has 0 bridgehead atoms. The number of rotatable bonds is 5. The fourth-order valence-electron chi connectivity index (χ4n) is 4.11. The van der Waals surface area contributed by atoms with Gasteiger partial charge in [0.2, 0.25) is 5.91 Å². The van der Waals surface area contributed by atoms with Crippen molar-refractivity contribution < 1.29 is 14.0 Å². The van der Waals surface area contributed by atoms with E-state index in [2.05, 4.69) is 9.69 Å². The third-order valence-corrected chi connectivity index (χ3v) is 6.03. The molecule has 0 saturated carbocycles. The maximum Gasteiger partial charge on any atom is 0.254 e. The van der Waals surface area contributed by atoms with Gasteiger partial charge in [0.15, 0.2) is 0 Å². The quantitative estimate of drug-likeness (QED) is 0.611. The van der Waals surface area contributed by atoms with Crippen molar-refractivity contribution in [2.24, 2.45) is 5.92 Å². The average Bonchev–Trinajstić information content (AvgIpc) is 3.31. The molecule has 4 rings (SSSR count). The van der Waals surface area contributed by atoms with Crippen LogP contribution in [0.25, 0.3) is 0 Å². The van der Waals surface area contributed by atoms with Gasteiger partial charge in [-0.2, -0.15) is 5.26 Å². The van der Waals surface area contributed by atoms with E-state index < -0.39 is 17.8 Å². The van der Waals surface area contributed by atoms with Gasteiger partial charge in [-0.3, -0.25) is 9.59 Å². The highest BCUT2D eigenvalue weighted by Crippen LogP contribution is 2.43. The monoisotopic (exact) mass is 448 g/mol. The van der Waals surface area contributed by atoms with Gasteiger partial charge in [0, 0.05) is 34.9 Å². The second-order valence-corrected chi connectivity index (χ2v) is 8.77. The van der Waals surface area contributed by atoms with Crippen molar-refractivity contribution >= 4 is 29.0 Å². The van der Waals surface area contributed by atoms with Crippen LogP contribution in [0, 0.1) is 23.1 Å². The topological polar surface area (TPSA) is 86.1 Å². The number of nitriles is 1. The predicted octanol–water partition coefficient (Wildman–Crippen LogP) is 4.73. The molecule has 0 saturated heterocycles. The van der Waals surface area contributed by atoms with Crippen LogP contribution in [-0.2, 0) is 4.79 Å². The molecule has 2 aromatic carbocycles. The fraction of sp³-hybridized carbons (Fsp3) is 0.250. The third-order valence-electron chi connectivity index (χ3n) is 5.43. The summed E-state index contributed by atoms with van der Waals surface area (Å²) in [5.74, 6) is -1.62. The van der Waals surface area contributed by atoms with Crippen LogP contribution in [0.1, 0.15) is 52.9 Å². The Balaban J connectivity index is 1.81. The van der Waals surface area contributed by atoms with Crippen molar-refractivity contribution in [2.45, 2.75) is 25.8 Å². The molecule has 1 aromatic heterocycles. The van der Waals surface area contributed by atoms with Gasteiger partial charge in [0.05, 0.1) is 17.5 Å². The van der Waals surface area contributed by atoms with E-state index in [9.17, 15) is 14.0 Å². The van der Waals surface area contributed by atoms with Crippen LogP contribution in [0.3, 0.4) is 0 Å². The van der Waals surface area contributed by atoms with Gasteiger partial charge in [-0.25, -0.2) is 8.76 Å². The van der Waals surface area contributed by atoms with Crippen molar-refractivity contribution in [2.75, 3.05) is 11.9 Å². The van der Waals surface area contributed by atoms with Crippen LogP contribution < -0.4 is 5.32 Å². The Kier molecular flexibility index (Phi) is 6.01. The van der Waals surface area contributed by atoms with Crippen molar-refractivity contribution in [3.63, 3.8) is 0 Å². The molecule has 2 atom stereocenters. The summed E-state index contributed by atoms with van der Waals surface area (Å²) in [6.07, 6.45) is 1.69. The van der Waals surface area contributed by atoms with Gasteiger partial charge in [-0.1, -0.05) is 32.0 Å². The maximum atomic E-state index is 13.7. The minimum Gasteiger partial charge on any atom is -0.330 e. The highest BCUT2D eigenvalue weighted by Gasteiger charge is 2.44. The molecule has 1 N–H and O–H groups in total. The summed E-state index contributed by atoms with van der Waals surface area (Å²) < 4.78 is 17.9. The predicted molar refractivity (Wildman–Crippen MR) is 120 cm³/mol. The standard InChI is InChI=1S/C24H21FN4O2S/c1-14(2)12-29-22(16-11-27-32-13-16)21(18-5-3-4-6-19(18)24(29)31)23(30)28-17-7-8-20(25)15(9-17)10-26/h3-9,11,13-14,21-22H,12H2,1-2H3,(H,28,30)/t21-,22+/m1/s1. The first-order valence-corrected chi connectivity index (χ1v) is 11.0. The average molecular weight is 449 g/mol. The van der Waals surface area contributed by atoms with Gasteiger partial charge in [-0.05, 0) is 47.3 Å². The zero-order valence-electron chi connectivity index (χ0n) is 17.6. The van der Waals surface area contributed by atoms with Gasteiger partial charge in [0.1, 0.15) is 11.9 Å². The van der Waals surface area contributed by atoms with Gasteiger partial charge < -0.3 is 10.2 Å². The molecule has 2 heterocycles. The Morgan fingerprint density at radius 1 is 1.31 bits per heavy atom. The zero-order valence-corrected chi connectivity index (χ0v) is 18.4. The summed E-state index contributed by atoms with van der Waals surface area (Å²) >= 11 is 1.26. The van der Waals surface area contributed by atoms with Crippen LogP contribution in [0.5, 0.6) is 0 Å². The Labute approximate surface area is 189 Å². The number of halogens is 1. The van der Waals surface area contributed by atoms with E-state index in [4.69, 9.17) is 5.26 Å². The van der Waals surface area contributed by atoms with Gasteiger partial charge >= 0.3 is 0 Å². The molecule has 0 unspecified atom stereocenters. The number of nitrogens with zero attached hydrogens (tertiary/aromatic N) is 3. The van der Waals surface area contributed by atoms with E-state index in [0.717, 1.165) is 11.6 Å². The fourth-order valence-corrected chi connectivity index (χ4v) is 4.67. The van der Waals surface area contributed by atoms with Gasteiger partial charge in [-0.15, -0.1) is 0 Å². The molecule has 3 aromatic rings. The Morgan fingerprint density at radius 3 is 2.78 bits per heavy atom. The van der Waals surface area contributed by atoms with E-state index in [1.54, 1.807) is 41.4 Å². The van der Waals surface area contributed by atoms with Crippen LogP contribution in [-0.4, -0.2) is 27.6 Å². The summed E-state index contributed by atoms with van der Waals surface area (Å²) in [5.41, 5.74) is 2.08. The molecule has 6 nitrogen and oxygen atoms in total. The Bertz CT molecular complexity index is 1200. The number of carbonyl (C=O) groups is 2. The lowest BCUT2D eigenvalue weighted by molar-refractivity contribution is -0.119. The molecule has 0 fully saturated rings. The maximum absolute atomic E-state index is 13.7. The van der Waals surface area contributed by atoms with E-state index in [1.165, 1.54) is 23.7 Å². The number of fused-ring (bicyclic) bond motifs is 1. The van der Waals surface area contributed by atoms with E-state index in [1.807, 2.05) is 19.2 Å². The van der Waals surface area contributed by atoms with E-state index in [-0.39, 0.29) is 23.3 Å². The largest absolute Gasteiger partial charge is 0.330 e. The molecule has 162 valence electrons. The molecular formula is C24H21FN4O2S. The van der Waals surface area contributed by atoms with Crippen molar-refractivity contribution in [3.8, 4) is 6.07 Å². The first kappa shape index (κ1) is 21.7. The van der Waals surface area contributed by atoms with Crippen LogP contribution in [0.15, 0.2) is 54.0 Å². The number of hydrogen-bond donors (Lipinski definition) is 1. The molecular weight excluding hydrogens is 427 g/mol. The van der Waals surface area contributed by atoms with Crippen LogP contribution >= 0.6 is 11.5 Å². The number of anilines is 1. The van der Waals surface area contributed by atoms with E-state index in [0.29, 0.717) is 23.4 Å². The lowest BCUT2D eigenvalue weighted by Crippen LogP contribution is -2.47. The van der Waals surface area contributed by atoms with Crippen molar-refractivity contribution in [1.82, 2.24) is 9.27 Å². The van der Waals surface area contributed by atoms with Crippen LogP contribution in [0.4, 0.5) is 10.1 Å². The molecule has 32 heavy (non-hydrogen) atoms. The van der Waals surface area contributed by atoms with Crippen LogP contribution in [0.2, 0.25) is 0 Å². The summed E-state index contributed by atoms with van der Waals surface area (Å²) in [4.78, 5) is 28.8. The van der Waals surface area contributed by atoms with Crippen molar-refractivity contribution in [1.29, 1.82) is 5.26 Å². The second-order valence-electron chi connectivity index (χ2n) is 8.11. The Hall–Kier alpha value is -3.57. The number of benzene rings is 2. The molecule has 8 heteroatoms. The minimum atomic E-state index is -0.699. The first-order chi connectivity index (χ1) is 15.4. The third kappa shape index (κ3) is 3.99. The summed E-state index contributed by atoms with van der Waals surface area (Å²) in [6.45, 7) is 4.52. The Morgan fingerprint density at radius 2 is 2.09 bits per heavy atom. The number of aromatic nitrogens is 1. The number of amides is 2. The second kappa shape index (κ2) is 8.89. The molecule has 1 aliphatic rings. The first-order valence-electron chi connectivity index (χ1n) is 10.2. The number of carbonyl (C=O) groups excluding carboxylic acids is 2. The van der Waals surface area contributed by atoms with Crippen molar-refractivity contribution in [3.05, 3.63) is 82.1 Å².